The lowest BCUT2D eigenvalue weighted by atomic mass is 10.1. The number of benzene rings is 2. The summed E-state index contributed by atoms with van der Waals surface area (Å²) in [5, 5.41) is -3.61. The quantitative estimate of drug-likeness (QED) is 0.194. The molecule has 0 spiro atoms. The second-order valence-corrected chi connectivity index (χ2v) is 8.14. The number of isocyanates is 1. The molecule has 1 atom stereocenters. The Labute approximate surface area is 190 Å². The molecule has 0 aliphatic carbocycles. The summed E-state index contributed by atoms with van der Waals surface area (Å²) in [6, 6.07) is 6.80. The molecule has 34 heavy (non-hydrogen) atoms. The van der Waals surface area contributed by atoms with Gasteiger partial charge in [0, 0.05) is 16.1 Å². The van der Waals surface area contributed by atoms with Crippen molar-refractivity contribution in [1.29, 1.82) is 0 Å². The zero-order valence-corrected chi connectivity index (χ0v) is 17.9. The van der Waals surface area contributed by atoms with Crippen molar-refractivity contribution in [1.82, 2.24) is 0 Å². The highest BCUT2D eigenvalue weighted by Gasteiger charge is 2.81. The van der Waals surface area contributed by atoms with Gasteiger partial charge in [-0.05, 0) is 55.3 Å². The van der Waals surface area contributed by atoms with E-state index in [4.69, 9.17) is 0 Å². The molecule has 0 aromatic heterocycles. The van der Waals surface area contributed by atoms with E-state index in [0.29, 0.717) is 0 Å². The van der Waals surface area contributed by atoms with Crippen LogP contribution in [-0.2, 0) is 4.79 Å². The van der Waals surface area contributed by atoms with Gasteiger partial charge in [-0.1, -0.05) is 17.8 Å². The number of nitrogens with one attached hydrogen (secondary N) is 1. The SMILES string of the molecule is Cc1cc(SC(F)(C(F)(F)F)C(F)(F)C(F)(F)F)cc(C)c1NC(=O)c1cccc(N=C=O)c1. The maximum atomic E-state index is 14.4. The van der Waals surface area contributed by atoms with Gasteiger partial charge in [0.1, 0.15) is 0 Å². The van der Waals surface area contributed by atoms with Crippen LogP contribution in [0.3, 0.4) is 0 Å². The Balaban J connectivity index is 2.42. The lowest BCUT2D eigenvalue weighted by molar-refractivity contribution is -0.356. The number of nitrogens with zero attached hydrogens (tertiary/aromatic N) is 1. The molecule has 4 nitrogen and oxygen atoms in total. The Hall–Kier alpha value is -2.99. The van der Waals surface area contributed by atoms with Crippen LogP contribution in [0.5, 0.6) is 0 Å². The van der Waals surface area contributed by atoms with Crippen LogP contribution in [0.4, 0.5) is 50.9 Å². The summed E-state index contributed by atoms with van der Waals surface area (Å²) in [7, 11) is 0. The summed E-state index contributed by atoms with van der Waals surface area (Å²) in [6.45, 7) is 2.43. The van der Waals surface area contributed by atoms with Gasteiger partial charge in [-0.25, -0.2) is 9.18 Å². The minimum atomic E-state index is -6.81. The zero-order valence-electron chi connectivity index (χ0n) is 17.0. The van der Waals surface area contributed by atoms with E-state index in [-0.39, 0.29) is 28.1 Å². The Morgan fingerprint density at radius 1 is 0.912 bits per heavy atom. The molecule has 0 aliphatic heterocycles. The third kappa shape index (κ3) is 5.22. The predicted molar refractivity (Wildman–Crippen MR) is 105 cm³/mol. The van der Waals surface area contributed by atoms with Gasteiger partial charge < -0.3 is 5.32 Å². The number of amides is 1. The van der Waals surface area contributed by atoms with Gasteiger partial charge >= 0.3 is 23.3 Å². The lowest BCUT2D eigenvalue weighted by Gasteiger charge is -2.35. The van der Waals surface area contributed by atoms with E-state index < -0.39 is 45.8 Å². The number of alkyl halides is 9. The van der Waals surface area contributed by atoms with Crippen molar-refractivity contribution in [3.8, 4) is 0 Å². The molecular weight excluding hydrogens is 503 g/mol. The van der Waals surface area contributed by atoms with Crippen molar-refractivity contribution in [3.63, 3.8) is 0 Å². The summed E-state index contributed by atoms with van der Waals surface area (Å²) >= 11 is -1.33. The lowest BCUT2D eigenvalue weighted by Crippen LogP contribution is -2.60. The van der Waals surface area contributed by atoms with Crippen molar-refractivity contribution in [3.05, 3.63) is 53.1 Å². The third-order valence-electron chi connectivity index (χ3n) is 4.41. The number of aliphatic imine (C=N–C) groups is 1. The minimum Gasteiger partial charge on any atom is -0.322 e. The van der Waals surface area contributed by atoms with Crippen molar-refractivity contribution < 1.29 is 49.1 Å². The molecule has 0 saturated carbocycles. The summed E-state index contributed by atoms with van der Waals surface area (Å²) in [6.07, 6.45) is -12.1. The highest BCUT2D eigenvalue weighted by Crippen LogP contribution is 2.60. The molecule has 2 rings (SSSR count). The number of carbonyl (C=O) groups is 1. The van der Waals surface area contributed by atoms with Crippen molar-refractivity contribution in [2.24, 2.45) is 4.99 Å². The molecule has 0 fully saturated rings. The van der Waals surface area contributed by atoms with Crippen LogP contribution in [-0.4, -0.2) is 35.3 Å². The van der Waals surface area contributed by atoms with Crippen LogP contribution in [0.25, 0.3) is 0 Å². The first-order valence-corrected chi connectivity index (χ1v) is 9.76. The first kappa shape index (κ1) is 27.3. The first-order chi connectivity index (χ1) is 15.4. The highest BCUT2D eigenvalue weighted by atomic mass is 32.2. The molecule has 2 aromatic rings. The molecule has 0 heterocycles. The van der Waals surface area contributed by atoms with Crippen LogP contribution in [0, 0.1) is 13.8 Å². The van der Waals surface area contributed by atoms with Gasteiger partial charge in [-0.3, -0.25) is 4.79 Å². The fraction of sp³-hybridized carbons (Fsp3) is 0.300. The van der Waals surface area contributed by atoms with Crippen molar-refractivity contribution >= 4 is 35.1 Å². The van der Waals surface area contributed by atoms with Crippen LogP contribution < -0.4 is 5.32 Å². The van der Waals surface area contributed by atoms with E-state index in [2.05, 4.69) is 10.3 Å². The molecule has 2 aromatic carbocycles. The number of carbonyl (C=O) groups excluding carboxylic acids is 2. The Morgan fingerprint density at radius 3 is 1.94 bits per heavy atom. The maximum absolute atomic E-state index is 14.4. The number of hydrogen-bond acceptors (Lipinski definition) is 4. The van der Waals surface area contributed by atoms with Gasteiger partial charge in [-0.15, -0.1) is 0 Å². The van der Waals surface area contributed by atoms with Crippen molar-refractivity contribution in [2.75, 3.05) is 5.32 Å². The average Bonchev–Trinajstić information content (AvgIpc) is 2.69. The van der Waals surface area contributed by atoms with Crippen LogP contribution in [0.1, 0.15) is 21.5 Å². The fourth-order valence-electron chi connectivity index (χ4n) is 2.78. The molecule has 0 aliphatic rings. The second kappa shape index (κ2) is 9.34. The minimum absolute atomic E-state index is 0.00214. The summed E-state index contributed by atoms with van der Waals surface area (Å²) in [5.41, 5.74) is 0.0199. The molecule has 184 valence electrons. The van der Waals surface area contributed by atoms with E-state index in [1.165, 1.54) is 44.2 Å². The summed E-state index contributed by atoms with van der Waals surface area (Å²) < 4.78 is 119. The molecular formula is C20H13F9N2O2S. The molecule has 1 N–H and O–H groups in total. The number of thioether (sulfide) groups is 1. The second-order valence-electron chi connectivity index (χ2n) is 6.91. The molecule has 1 unspecified atom stereocenters. The number of halogens is 9. The van der Waals surface area contributed by atoms with E-state index in [9.17, 15) is 49.1 Å². The summed E-state index contributed by atoms with van der Waals surface area (Å²) in [5.74, 6) is -7.51. The van der Waals surface area contributed by atoms with Gasteiger partial charge in [0.2, 0.25) is 6.08 Å². The van der Waals surface area contributed by atoms with E-state index in [1.54, 1.807) is 0 Å². The smallest absolute Gasteiger partial charge is 0.322 e. The largest absolute Gasteiger partial charge is 0.458 e. The first-order valence-electron chi connectivity index (χ1n) is 8.94. The number of anilines is 1. The van der Waals surface area contributed by atoms with Gasteiger partial charge in [0.15, 0.2) is 0 Å². The topological polar surface area (TPSA) is 58.5 Å². The Morgan fingerprint density at radius 2 is 1.47 bits per heavy atom. The standard InChI is InChI=1S/C20H13F9N2O2S/c1-10-6-14(34-18(23,20(27,28)29)17(21,22)19(24,25)26)7-11(2)15(10)31-16(33)12-4-3-5-13(8-12)30-9-32/h3-8H,1-2H3,(H,31,33). The average molecular weight is 516 g/mol. The number of rotatable bonds is 6. The number of hydrogen-bond donors (Lipinski definition) is 1. The molecule has 0 saturated heterocycles. The zero-order chi connectivity index (χ0) is 26.1. The molecule has 0 radical (unpaired) electrons. The number of aryl methyl sites for hydroxylation is 2. The molecule has 1 amide bonds. The van der Waals surface area contributed by atoms with E-state index >= 15 is 0 Å². The Kier molecular flexibility index (Phi) is 7.48. The monoisotopic (exact) mass is 516 g/mol. The van der Waals surface area contributed by atoms with Crippen LogP contribution in [0.2, 0.25) is 0 Å². The van der Waals surface area contributed by atoms with Crippen molar-refractivity contribution in [2.45, 2.75) is 42.0 Å². The van der Waals surface area contributed by atoms with E-state index in [1.807, 2.05) is 0 Å². The van der Waals surface area contributed by atoms with Gasteiger partial charge in [0.25, 0.3) is 5.91 Å². The third-order valence-corrected chi connectivity index (χ3v) is 5.65. The fourth-order valence-corrected chi connectivity index (χ4v) is 3.94. The van der Waals surface area contributed by atoms with Gasteiger partial charge in [0.05, 0.1) is 5.69 Å². The van der Waals surface area contributed by atoms with Crippen LogP contribution >= 0.6 is 11.8 Å². The normalized spacial score (nSPS) is 14.2. The van der Waals surface area contributed by atoms with Gasteiger partial charge in [-0.2, -0.15) is 40.1 Å². The van der Waals surface area contributed by atoms with E-state index in [0.717, 1.165) is 12.1 Å². The predicted octanol–water partition coefficient (Wildman–Crippen LogP) is 7.04. The molecule has 14 heteroatoms. The maximum Gasteiger partial charge on any atom is 0.458 e. The van der Waals surface area contributed by atoms with Crippen LogP contribution in [0.15, 0.2) is 46.3 Å². The highest BCUT2D eigenvalue weighted by molar-refractivity contribution is 8.00. The summed E-state index contributed by atoms with van der Waals surface area (Å²) in [4.78, 5) is 25.3. The molecule has 0 bridgehead atoms. The Bertz CT molecular complexity index is 1120.